The maximum absolute atomic E-state index is 11.7. The van der Waals surface area contributed by atoms with Gasteiger partial charge in [-0.25, -0.2) is 13.1 Å². The van der Waals surface area contributed by atoms with E-state index in [9.17, 15) is 8.42 Å². The summed E-state index contributed by atoms with van der Waals surface area (Å²) in [5, 5.41) is 7.47. The first-order chi connectivity index (χ1) is 9.44. The van der Waals surface area contributed by atoms with Crippen LogP contribution in [-0.2, 0) is 23.1 Å². The van der Waals surface area contributed by atoms with Crippen LogP contribution >= 0.6 is 0 Å². The van der Waals surface area contributed by atoms with Crippen LogP contribution in [0.15, 0.2) is 6.20 Å². The zero-order valence-corrected chi connectivity index (χ0v) is 13.2. The SMILES string of the molecule is CCn1ncc(CN[C@H](C)CNS(=O)(=O)C2CC2)c1C. The second-order valence-electron chi connectivity index (χ2n) is 5.45. The highest BCUT2D eigenvalue weighted by atomic mass is 32.2. The van der Waals surface area contributed by atoms with Crippen LogP contribution in [-0.4, -0.2) is 36.0 Å². The van der Waals surface area contributed by atoms with E-state index in [-0.39, 0.29) is 11.3 Å². The summed E-state index contributed by atoms with van der Waals surface area (Å²) >= 11 is 0. The molecule has 0 saturated heterocycles. The third-order valence-corrected chi connectivity index (χ3v) is 5.62. The molecule has 2 N–H and O–H groups in total. The van der Waals surface area contributed by atoms with Crippen LogP contribution in [0, 0.1) is 6.92 Å². The van der Waals surface area contributed by atoms with Gasteiger partial charge in [0.2, 0.25) is 10.0 Å². The summed E-state index contributed by atoms with van der Waals surface area (Å²) < 4.78 is 28.1. The van der Waals surface area contributed by atoms with Gasteiger partial charge < -0.3 is 5.32 Å². The van der Waals surface area contributed by atoms with Gasteiger partial charge in [0.05, 0.1) is 11.4 Å². The lowest BCUT2D eigenvalue weighted by Gasteiger charge is -2.14. The molecule has 20 heavy (non-hydrogen) atoms. The van der Waals surface area contributed by atoms with Gasteiger partial charge in [-0.05, 0) is 33.6 Å². The van der Waals surface area contributed by atoms with Gasteiger partial charge in [-0.2, -0.15) is 5.10 Å². The summed E-state index contributed by atoms with van der Waals surface area (Å²) in [5.74, 6) is 0. The third-order valence-electron chi connectivity index (χ3n) is 3.70. The van der Waals surface area contributed by atoms with Crippen molar-refractivity contribution in [3.8, 4) is 0 Å². The largest absolute Gasteiger partial charge is 0.309 e. The van der Waals surface area contributed by atoms with Crippen LogP contribution < -0.4 is 10.0 Å². The van der Waals surface area contributed by atoms with Crippen LogP contribution in [0.2, 0.25) is 0 Å². The van der Waals surface area contributed by atoms with Crippen molar-refractivity contribution in [2.75, 3.05) is 6.54 Å². The monoisotopic (exact) mass is 300 g/mol. The first kappa shape index (κ1) is 15.5. The van der Waals surface area contributed by atoms with Crippen molar-refractivity contribution >= 4 is 10.0 Å². The highest BCUT2D eigenvalue weighted by Crippen LogP contribution is 2.27. The van der Waals surface area contributed by atoms with Crippen LogP contribution in [0.1, 0.15) is 37.9 Å². The maximum atomic E-state index is 11.7. The number of nitrogens with one attached hydrogen (secondary N) is 2. The summed E-state index contributed by atoms with van der Waals surface area (Å²) in [6, 6.07) is 0.0906. The molecule has 1 aromatic rings. The zero-order chi connectivity index (χ0) is 14.8. The van der Waals surface area contributed by atoms with Gasteiger partial charge in [0.1, 0.15) is 0 Å². The van der Waals surface area contributed by atoms with Gasteiger partial charge in [0, 0.05) is 36.9 Å². The Labute approximate surface area is 121 Å². The maximum Gasteiger partial charge on any atom is 0.214 e. The Morgan fingerprint density at radius 3 is 2.75 bits per heavy atom. The topological polar surface area (TPSA) is 76.0 Å². The number of rotatable bonds is 8. The Morgan fingerprint density at radius 1 is 1.50 bits per heavy atom. The van der Waals surface area contributed by atoms with Gasteiger partial charge >= 0.3 is 0 Å². The van der Waals surface area contributed by atoms with Crippen molar-refractivity contribution < 1.29 is 8.42 Å². The summed E-state index contributed by atoms with van der Waals surface area (Å²) in [5.41, 5.74) is 2.31. The van der Waals surface area contributed by atoms with Crippen molar-refractivity contribution in [2.45, 2.75) is 58.0 Å². The second kappa shape index (κ2) is 6.24. The molecule has 1 saturated carbocycles. The molecule has 0 spiro atoms. The standard InChI is InChI=1S/C13H24N4O2S/c1-4-17-11(3)12(9-15-17)8-14-10(2)7-16-20(18,19)13-5-6-13/h9-10,13-14,16H,4-8H2,1-3H3/t10-/m1/s1. The minimum atomic E-state index is -3.08. The molecule has 1 aliphatic rings. The summed E-state index contributed by atoms with van der Waals surface area (Å²) in [4.78, 5) is 0. The van der Waals surface area contributed by atoms with E-state index < -0.39 is 10.0 Å². The molecule has 1 fully saturated rings. The summed E-state index contributed by atoms with van der Waals surface area (Å²) in [6.45, 7) is 8.09. The van der Waals surface area contributed by atoms with Gasteiger partial charge in [-0.1, -0.05) is 0 Å². The summed E-state index contributed by atoms with van der Waals surface area (Å²) in [7, 11) is -3.08. The first-order valence-electron chi connectivity index (χ1n) is 7.17. The van der Waals surface area contributed by atoms with Crippen molar-refractivity contribution in [1.29, 1.82) is 0 Å². The number of aromatic nitrogens is 2. The van der Waals surface area contributed by atoms with Crippen molar-refractivity contribution in [2.24, 2.45) is 0 Å². The quantitative estimate of drug-likeness (QED) is 0.743. The molecule has 0 aromatic carbocycles. The number of aryl methyl sites for hydroxylation is 1. The Balaban J connectivity index is 1.77. The van der Waals surface area contributed by atoms with Crippen molar-refractivity contribution in [1.82, 2.24) is 19.8 Å². The number of nitrogens with zero attached hydrogens (tertiary/aromatic N) is 2. The number of sulfonamides is 1. The predicted octanol–water partition coefficient (Wildman–Crippen LogP) is 0.771. The molecule has 0 amide bonds. The lowest BCUT2D eigenvalue weighted by atomic mass is 10.2. The third kappa shape index (κ3) is 3.80. The average molecular weight is 300 g/mol. The fourth-order valence-corrected chi connectivity index (χ4v) is 3.55. The predicted molar refractivity (Wildman–Crippen MR) is 78.9 cm³/mol. The molecule has 6 nitrogen and oxygen atoms in total. The molecule has 1 atom stereocenters. The molecule has 1 aromatic heterocycles. The highest BCUT2D eigenvalue weighted by Gasteiger charge is 2.35. The summed E-state index contributed by atoms with van der Waals surface area (Å²) in [6.07, 6.45) is 3.46. The first-order valence-corrected chi connectivity index (χ1v) is 8.71. The number of hydrogen-bond donors (Lipinski definition) is 2. The Bertz CT molecular complexity index is 549. The van der Waals surface area contributed by atoms with Gasteiger partial charge in [-0.3, -0.25) is 4.68 Å². The lowest BCUT2D eigenvalue weighted by molar-refractivity contribution is 0.522. The fraction of sp³-hybridized carbons (Fsp3) is 0.769. The normalized spacial score (nSPS) is 17.4. The van der Waals surface area contributed by atoms with Crippen LogP contribution in [0.4, 0.5) is 0 Å². The van der Waals surface area contributed by atoms with Crippen LogP contribution in [0.5, 0.6) is 0 Å². The van der Waals surface area contributed by atoms with E-state index in [0.717, 1.165) is 30.6 Å². The molecule has 0 aliphatic heterocycles. The van der Waals surface area contributed by atoms with E-state index in [2.05, 4.69) is 22.1 Å². The minimum absolute atomic E-state index is 0.0906. The molecule has 1 heterocycles. The molecule has 2 rings (SSSR count). The van der Waals surface area contributed by atoms with Crippen molar-refractivity contribution in [3.63, 3.8) is 0 Å². The minimum Gasteiger partial charge on any atom is -0.309 e. The van der Waals surface area contributed by atoms with Gasteiger partial charge in [0.25, 0.3) is 0 Å². The molecule has 0 unspecified atom stereocenters. The van der Waals surface area contributed by atoms with Gasteiger partial charge in [0.15, 0.2) is 0 Å². The molecular weight excluding hydrogens is 276 g/mol. The average Bonchev–Trinajstić information content (AvgIpc) is 3.20. The van der Waals surface area contributed by atoms with E-state index in [1.54, 1.807) is 0 Å². The molecule has 0 radical (unpaired) electrons. The molecular formula is C13H24N4O2S. The highest BCUT2D eigenvalue weighted by molar-refractivity contribution is 7.90. The van der Waals surface area contributed by atoms with Crippen molar-refractivity contribution in [3.05, 3.63) is 17.5 Å². The van der Waals surface area contributed by atoms with E-state index >= 15 is 0 Å². The van der Waals surface area contributed by atoms with E-state index in [1.807, 2.05) is 24.7 Å². The molecule has 1 aliphatic carbocycles. The Morgan fingerprint density at radius 2 is 2.20 bits per heavy atom. The zero-order valence-electron chi connectivity index (χ0n) is 12.4. The van der Waals surface area contributed by atoms with E-state index in [1.165, 1.54) is 0 Å². The Kier molecular flexibility index (Phi) is 4.82. The fourth-order valence-electron chi connectivity index (χ4n) is 2.07. The van der Waals surface area contributed by atoms with E-state index in [4.69, 9.17) is 0 Å². The smallest absolute Gasteiger partial charge is 0.214 e. The van der Waals surface area contributed by atoms with Gasteiger partial charge in [-0.15, -0.1) is 0 Å². The molecule has 114 valence electrons. The van der Waals surface area contributed by atoms with Crippen LogP contribution in [0.3, 0.4) is 0 Å². The Hall–Kier alpha value is -0.920. The molecule has 7 heteroatoms. The van der Waals surface area contributed by atoms with Crippen LogP contribution in [0.25, 0.3) is 0 Å². The lowest BCUT2D eigenvalue weighted by Crippen LogP contribution is -2.39. The number of hydrogen-bond acceptors (Lipinski definition) is 4. The molecule has 0 bridgehead atoms. The second-order valence-corrected chi connectivity index (χ2v) is 7.49. The van der Waals surface area contributed by atoms with E-state index in [0.29, 0.717) is 13.1 Å².